The molecule has 23 heavy (non-hydrogen) atoms. The lowest BCUT2D eigenvalue weighted by Crippen LogP contribution is -2.50. The van der Waals surface area contributed by atoms with Gasteiger partial charge in [0.2, 0.25) is 0 Å². The maximum absolute atomic E-state index is 13.3. The lowest BCUT2D eigenvalue weighted by atomic mass is 10.2. The van der Waals surface area contributed by atoms with Gasteiger partial charge in [0.25, 0.3) is 10.2 Å². The van der Waals surface area contributed by atoms with Crippen LogP contribution < -0.4 is 0 Å². The molecule has 0 unspecified atom stereocenters. The Morgan fingerprint density at radius 3 is 2.74 bits per heavy atom. The van der Waals surface area contributed by atoms with Gasteiger partial charge in [0.15, 0.2) is 0 Å². The summed E-state index contributed by atoms with van der Waals surface area (Å²) in [5.74, 6) is 0.750. The van der Waals surface area contributed by atoms with E-state index in [0.29, 0.717) is 19.7 Å². The third kappa shape index (κ3) is 2.73. The molecule has 3 fully saturated rings. The Kier molecular flexibility index (Phi) is 4.21. The lowest BCUT2D eigenvalue weighted by molar-refractivity contribution is 0.0457. The standard InChI is InChI=1S/C16H24N2O4S/c19-23(20,17-9-2-6-14(17)16-8-3-11-21-16)18-10-4-12-22-15-7-1-5-13(15)18/h3,8,11,13-15H,1-2,4-7,9-10,12H2/t13-,14+,15-/m0/s1. The molecule has 0 bridgehead atoms. The smallest absolute Gasteiger partial charge is 0.282 e. The Bertz CT molecular complexity index is 631. The maximum atomic E-state index is 13.3. The van der Waals surface area contributed by atoms with Gasteiger partial charge in [-0.05, 0) is 50.7 Å². The fraction of sp³-hybridized carbons (Fsp3) is 0.750. The second-order valence-corrected chi connectivity index (χ2v) is 8.50. The van der Waals surface area contributed by atoms with Gasteiger partial charge in [-0.2, -0.15) is 17.0 Å². The van der Waals surface area contributed by atoms with Crippen molar-refractivity contribution in [3.05, 3.63) is 24.2 Å². The molecule has 0 spiro atoms. The minimum absolute atomic E-state index is 0.000325. The van der Waals surface area contributed by atoms with Crippen LogP contribution in [-0.4, -0.2) is 48.9 Å². The summed E-state index contributed by atoms with van der Waals surface area (Å²) in [6.45, 7) is 1.79. The van der Waals surface area contributed by atoms with E-state index in [1.165, 1.54) is 0 Å². The summed E-state index contributed by atoms with van der Waals surface area (Å²) in [5, 5.41) is 0. The summed E-state index contributed by atoms with van der Waals surface area (Å²) in [4.78, 5) is 0. The normalized spacial score (nSPS) is 33.7. The molecule has 1 aromatic rings. The summed E-state index contributed by atoms with van der Waals surface area (Å²) in [5.41, 5.74) is 0. The predicted molar refractivity (Wildman–Crippen MR) is 85.0 cm³/mol. The first-order chi connectivity index (χ1) is 11.2. The topological polar surface area (TPSA) is 63.0 Å². The SMILES string of the molecule is O=S(=O)(N1CCC[C@@H]1c1ccco1)N1CCCO[C@H]2CCC[C@@H]21. The minimum atomic E-state index is -3.49. The Hall–Kier alpha value is -0.890. The molecule has 6 nitrogen and oxygen atoms in total. The zero-order valence-corrected chi connectivity index (χ0v) is 14.1. The molecule has 3 aliphatic rings. The second-order valence-electron chi connectivity index (χ2n) is 6.66. The first kappa shape index (κ1) is 15.6. The highest BCUT2D eigenvalue weighted by Crippen LogP contribution is 2.38. The van der Waals surface area contributed by atoms with Crippen LogP contribution in [0, 0.1) is 0 Å². The highest BCUT2D eigenvalue weighted by atomic mass is 32.2. The van der Waals surface area contributed by atoms with Crippen molar-refractivity contribution in [3.8, 4) is 0 Å². The van der Waals surface area contributed by atoms with Crippen molar-refractivity contribution in [2.24, 2.45) is 0 Å². The van der Waals surface area contributed by atoms with E-state index in [1.54, 1.807) is 14.9 Å². The highest BCUT2D eigenvalue weighted by Gasteiger charge is 2.46. The molecule has 2 aliphatic heterocycles. The van der Waals surface area contributed by atoms with Crippen molar-refractivity contribution in [3.63, 3.8) is 0 Å². The van der Waals surface area contributed by atoms with Crippen molar-refractivity contribution < 1.29 is 17.6 Å². The third-order valence-electron chi connectivity index (χ3n) is 5.31. The molecule has 4 rings (SSSR count). The Morgan fingerprint density at radius 1 is 1.04 bits per heavy atom. The Morgan fingerprint density at radius 2 is 1.91 bits per heavy atom. The number of fused-ring (bicyclic) bond motifs is 1. The number of hydrogen-bond donors (Lipinski definition) is 0. The van der Waals surface area contributed by atoms with Gasteiger partial charge < -0.3 is 9.15 Å². The van der Waals surface area contributed by atoms with E-state index >= 15 is 0 Å². The molecule has 1 aliphatic carbocycles. The van der Waals surface area contributed by atoms with Crippen LogP contribution in [0.5, 0.6) is 0 Å². The van der Waals surface area contributed by atoms with E-state index in [1.807, 2.05) is 12.1 Å². The number of rotatable bonds is 3. The van der Waals surface area contributed by atoms with Gasteiger partial charge in [-0.15, -0.1) is 0 Å². The average molecular weight is 340 g/mol. The lowest BCUT2D eigenvalue weighted by Gasteiger charge is -2.34. The maximum Gasteiger partial charge on any atom is 0.282 e. The largest absolute Gasteiger partial charge is 0.468 e. The molecule has 7 heteroatoms. The van der Waals surface area contributed by atoms with Crippen molar-refractivity contribution in [1.29, 1.82) is 0 Å². The molecule has 0 aromatic carbocycles. The molecule has 1 saturated carbocycles. The molecule has 2 saturated heterocycles. The van der Waals surface area contributed by atoms with Gasteiger partial charge in [-0.3, -0.25) is 0 Å². The molecule has 0 N–H and O–H groups in total. The number of ether oxygens (including phenoxy) is 1. The van der Waals surface area contributed by atoms with Gasteiger partial charge in [0.05, 0.1) is 24.5 Å². The van der Waals surface area contributed by atoms with E-state index in [-0.39, 0.29) is 18.2 Å². The zero-order chi connectivity index (χ0) is 15.9. The van der Waals surface area contributed by atoms with Crippen LogP contribution >= 0.6 is 0 Å². The molecule has 3 atom stereocenters. The van der Waals surface area contributed by atoms with E-state index in [4.69, 9.17) is 9.15 Å². The minimum Gasteiger partial charge on any atom is -0.468 e. The van der Waals surface area contributed by atoms with Crippen molar-refractivity contribution in [1.82, 2.24) is 8.61 Å². The van der Waals surface area contributed by atoms with Gasteiger partial charge in [0.1, 0.15) is 5.76 Å². The highest BCUT2D eigenvalue weighted by molar-refractivity contribution is 7.86. The van der Waals surface area contributed by atoms with E-state index in [9.17, 15) is 8.42 Å². The fourth-order valence-corrected chi connectivity index (χ4v) is 6.36. The van der Waals surface area contributed by atoms with Crippen LogP contribution in [0.3, 0.4) is 0 Å². The first-order valence-electron chi connectivity index (χ1n) is 8.61. The summed E-state index contributed by atoms with van der Waals surface area (Å²) in [7, 11) is -3.49. The summed E-state index contributed by atoms with van der Waals surface area (Å²) in [6.07, 6.45) is 7.08. The van der Waals surface area contributed by atoms with E-state index in [2.05, 4.69) is 0 Å². The van der Waals surface area contributed by atoms with E-state index in [0.717, 1.165) is 44.3 Å². The van der Waals surface area contributed by atoms with Crippen LogP contribution in [0.15, 0.2) is 22.8 Å². The van der Waals surface area contributed by atoms with Gasteiger partial charge in [-0.1, -0.05) is 0 Å². The first-order valence-corrected chi connectivity index (χ1v) is 10.0. The molecule has 1 aromatic heterocycles. The number of nitrogens with zero attached hydrogens (tertiary/aromatic N) is 2. The van der Waals surface area contributed by atoms with Gasteiger partial charge in [-0.25, -0.2) is 0 Å². The zero-order valence-electron chi connectivity index (χ0n) is 13.3. The van der Waals surface area contributed by atoms with Crippen LogP contribution in [0.2, 0.25) is 0 Å². The van der Waals surface area contributed by atoms with Crippen LogP contribution in [0.1, 0.15) is 50.3 Å². The third-order valence-corrected chi connectivity index (χ3v) is 7.39. The van der Waals surface area contributed by atoms with Crippen molar-refractivity contribution in [2.75, 3.05) is 19.7 Å². The van der Waals surface area contributed by atoms with Crippen molar-refractivity contribution >= 4 is 10.2 Å². The number of furan rings is 1. The van der Waals surface area contributed by atoms with Gasteiger partial charge in [0, 0.05) is 19.7 Å². The van der Waals surface area contributed by atoms with Crippen LogP contribution in [0.25, 0.3) is 0 Å². The Balaban J connectivity index is 1.63. The second kappa shape index (κ2) is 6.20. The summed E-state index contributed by atoms with van der Waals surface area (Å²) < 4.78 is 41.4. The van der Waals surface area contributed by atoms with Crippen molar-refractivity contribution in [2.45, 2.75) is 56.7 Å². The number of hydrogen-bond acceptors (Lipinski definition) is 4. The average Bonchev–Trinajstić information content (AvgIpc) is 3.26. The molecule has 0 amide bonds. The van der Waals surface area contributed by atoms with Crippen LogP contribution in [-0.2, 0) is 14.9 Å². The summed E-state index contributed by atoms with van der Waals surface area (Å²) in [6, 6.07) is 3.53. The molecule has 128 valence electrons. The van der Waals surface area contributed by atoms with Crippen LogP contribution in [0.4, 0.5) is 0 Å². The predicted octanol–water partition coefficient (Wildman–Crippen LogP) is 2.30. The quantitative estimate of drug-likeness (QED) is 0.847. The molecular weight excluding hydrogens is 316 g/mol. The molecular formula is C16H24N2O4S. The van der Waals surface area contributed by atoms with E-state index < -0.39 is 10.2 Å². The summed E-state index contributed by atoms with van der Waals surface area (Å²) >= 11 is 0. The monoisotopic (exact) mass is 340 g/mol. The fourth-order valence-electron chi connectivity index (χ4n) is 4.25. The Labute approximate surface area is 137 Å². The van der Waals surface area contributed by atoms with Gasteiger partial charge >= 0.3 is 0 Å². The molecule has 3 heterocycles. The molecule has 0 radical (unpaired) electrons.